The van der Waals surface area contributed by atoms with E-state index in [1.165, 1.54) is 47.6 Å². The van der Waals surface area contributed by atoms with Crippen molar-refractivity contribution < 1.29 is 28.7 Å². The standard InChI is InChI=1S/C27H27N7O6/c1-4-9-30-25(36)20-13-33-22(17(20)3)24(31-14-32-33)34(21-11-18(23(28)35)8-7-16(21)2)27(38)40-15-39-26(37)19-6-5-10-29-12-19/h5-8,10-14H,4,9,15H2,1-3H3,(H2,28,35)(H,30,36). The number of anilines is 2. The Kier molecular flexibility index (Phi) is 8.33. The summed E-state index contributed by atoms with van der Waals surface area (Å²) in [4.78, 5) is 59.9. The molecule has 0 aliphatic heterocycles. The van der Waals surface area contributed by atoms with E-state index in [1.54, 1.807) is 26.0 Å². The molecule has 0 aliphatic carbocycles. The molecular formula is C27H27N7O6. The van der Waals surface area contributed by atoms with Crippen molar-refractivity contribution in [3.05, 3.63) is 83.1 Å². The molecule has 13 nitrogen and oxygen atoms in total. The molecule has 0 saturated heterocycles. The minimum absolute atomic E-state index is 0.0651. The smallest absolute Gasteiger partial charge is 0.423 e. The van der Waals surface area contributed by atoms with Gasteiger partial charge in [0.05, 0.1) is 16.8 Å². The van der Waals surface area contributed by atoms with Crippen molar-refractivity contribution in [2.45, 2.75) is 27.2 Å². The van der Waals surface area contributed by atoms with Gasteiger partial charge in [-0.25, -0.2) is 24.0 Å². The lowest BCUT2D eigenvalue weighted by Crippen LogP contribution is -2.30. The second kappa shape index (κ2) is 12.0. The average Bonchev–Trinajstić information content (AvgIpc) is 3.30. The zero-order valence-corrected chi connectivity index (χ0v) is 22.1. The molecule has 4 aromatic rings. The number of rotatable bonds is 9. The number of hydrogen-bond donors (Lipinski definition) is 2. The number of carbonyl (C=O) groups is 4. The number of nitrogens with one attached hydrogen (secondary N) is 1. The molecule has 0 saturated carbocycles. The number of benzene rings is 1. The van der Waals surface area contributed by atoms with Gasteiger partial charge in [-0.2, -0.15) is 5.10 Å². The molecule has 0 radical (unpaired) electrons. The van der Waals surface area contributed by atoms with Crippen LogP contribution in [0.25, 0.3) is 5.52 Å². The molecule has 4 rings (SSSR count). The fraction of sp³-hybridized carbons (Fsp3) is 0.222. The van der Waals surface area contributed by atoms with Crippen LogP contribution in [-0.4, -0.2) is 56.8 Å². The van der Waals surface area contributed by atoms with Crippen LogP contribution in [0.15, 0.2) is 55.2 Å². The Bertz CT molecular complexity index is 1590. The van der Waals surface area contributed by atoms with E-state index in [0.717, 1.165) is 11.3 Å². The molecular weight excluding hydrogens is 518 g/mol. The van der Waals surface area contributed by atoms with Crippen molar-refractivity contribution in [3.63, 3.8) is 0 Å². The van der Waals surface area contributed by atoms with Crippen molar-refractivity contribution in [2.24, 2.45) is 5.73 Å². The van der Waals surface area contributed by atoms with Gasteiger partial charge in [0.1, 0.15) is 11.8 Å². The molecule has 0 unspecified atom stereocenters. The molecule has 3 N–H and O–H groups in total. The number of fused-ring (bicyclic) bond motifs is 1. The summed E-state index contributed by atoms with van der Waals surface area (Å²) in [6, 6.07) is 7.63. The first-order valence-electron chi connectivity index (χ1n) is 12.3. The highest BCUT2D eigenvalue weighted by molar-refractivity contribution is 6.04. The lowest BCUT2D eigenvalue weighted by atomic mass is 10.1. The van der Waals surface area contributed by atoms with Crippen molar-refractivity contribution in [3.8, 4) is 0 Å². The number of aromatic nitrogens is 4. The first kappa shape index (κ1) is 27.7. The molecule has 13 heteroatoms. The third-order valence-corrected chi connectivity index (χ3v) is 5.99. The molecule has 3 amide bonds. The van der Waals surface area contributed by atoms with Gasteiger partial charge in [-0.3, -0.25) is 14.6 Å². The van der Waals surface area contributed by atoms with Crippen LogP contribution >= 0.6 is 0 Å². The summed E-state index contributed by atoms with van der Waals surface area (Å²) in [7, 11) is 0. The molecule has 0 fully saturated rings. The number of aryl methyl sites for hydroxylation is 2. The number of carbonyl (C=O) groups excluding carboxylic acids is 4. The SMILES string of the molecule is CCCNC(=O)c1cn2ncnc(N(C(=O)OCOC(=O)c3cccnc3)c3cc(C(N)=O)ccc3C)c2c1C. The predicted octanol–water partition coefficient (Wildman–Crippen LogP) is 3.07. The maximum atomic E-state index is 13.6. The Morgan fingerprint density at radius 1 is 1.10 bits per heavy atom. The van der Waals surface area contributed by atoms with Crippen LogP contribution in [0.2, 0.25) is 0 Å². The van der Waals surface area contributed by atoms with Crippen molar-refractivity contribution >= 4 is 40.9 Å². The topological polar surface area (TPSA) is 171 Å². The van der Waals surface area contributed by atoms with Gasteiger partial charge in [-0.1, -0.05) is 13.0 Å². The second-order valence-electron chi connectivity index (χ2n) is 8.70. The molecule has 40 heavy (non-hydrogen) atoms. The number of amides is 3. The molecule has 0 atom stereocenters. The Morgan fingerprint density at radius 2 is 1.90 bits per heavy atom. The third-order valence-electron chi connectivity index (χ3n) is 5.99. The van der Waals surface area contributed by atoms with E-state index in [1.807, 2.05) is 6.92 Å². The van der Waals surface area contributed by atoms with E-state index in [-0.39, 0.29) is 28.5 Å². The normalized spacial score (nSPS) is 10.7. The molecule has 0 spiro atoms. The van der Waals surface area contributed by atoms with Crippen LogP contribution in [0.5, 0.6) is 0 Å². The summed E-state index contributed by atoms with van der Waals surface area (Å²) in [5.74, 6) is -1.69. The zero-order chi connectivity index (χ0) is 28.8. The van der Waals surface area contributed by atoms with E-state index in [4.69, 9.17) is 15.2 Å². The molecule has 206 valence electrons. The van der Waals surface area contributed by atoms with Gasteiger partial charge in [0.15, 0.2) is 5.82 Å². The lowest BCUT2D eigenvalue weighted by Gasteiger charge is -2.24. The van der Waals surface area contributed by atoms with Gasteiger partial charge in [0, 0.05) is 30.7 Å². The second-order valence-corrected chi connectivity index (χ2v) is 8.70. The van der Waals surface area contributed by atoms with E-state index in [2.05, 4.69) is 20.4 Å². The summed E-state index contributed by atoms with van der Waals surface area (Å²) in [6.07, 6.45) is 5.35. The number of primary amides is 1. The number of hydrogen-bond acceptors (Lipinski definition) is 9. The molecule has 1 aromatic carbocycles. The van der Waals surface area contributed by atoms with E-state index >= 15 is 0 Å². The van der Waals surface area contributed by atoms with Crippen molar-refractivity contribution in [2.75, 3.05) is 18.2 Å². The lowest BCUT2D eigenvalue weighted by molar-refractivity contribution is -0.000109. The maximum Gasteiger partial charge on any atom is 0.423 e. The van der Waals surface area contributed by atoms with Gasteiger partial charge in [0.25, 0.3) is 5.91 Å². The molecule has 3 heterocycles. The first-order valence-corrected chi connectivity index (χ1v) is 12.3. The Labute approximate surface area is 228 Å². The highest BCUT2D eigenvalue weighted by atomic mass is 16.7. The first-order chi connectivity index (χ1) is 19.2. The Balaban J connectivity index is 1.75. The number of ether oxygens (including phenoxy) is 2. The van der Waals surface area contributed by atoms with Gasteiger partial charge < -0.3 is 20.5 Å². The number of nitrogens with zero attached hydrogens (tertiary/aromatic N) is 5. The summed E-state index contributed by atoms with van der Waals surface area (Å²) < 4.78 is 11.8. The fourth-order valence-electron chi connectivity index (χ4n) is 3.94. The van der Waals surface area contributed by atoms with Gasteiger partial charge in [0.2, 0.25) is 12.7 Å². The van der Waals surface area contributed by atoms with Crippen LogP contribution in [0, 0.1) is 13.8 Å². The highest BCUT2D eigenvalue weighted by Gasteiger charge is 2.29. The van der Waals surface area contributed by atoms with Gasteiger partial charge >= 0.3 is 12.1 Å². The largest absolute Gasteiger partial charge is 0.424 e. The van der Waals surface area contributed by atoms with E-state index in [9.17, 15) is 19.2 Å². The van der Waals surface area contributed by atoms with Crippen LogP contribution in [-0.2, 0) is 9.47 Å². The van der Waals surface area contributed by atoms with Gasteiger partial charge in [-0.05, 0) is 55.7 Å². The number of esters is 1. The molecule has 0 bridgehead atoms. The predicted molar refractivity (Wildman–Crippen MR) is 143 cm³/mol. The van der Waals surface area contributed by atoms with Crippen LogP contribution in [0.1, 0.15) is 55.5 Å². The summed E-state index contributed by atoms with van der Waals surface area (Å²) in [5.41, 5.74) is 7.82. The van der Waals surface area contributed by atoms with Gasteiger partial charge in [-0.15, -0.1) is 0 Å². The molecule has 3 aromatic heterocycles. The van der Waals surface area contributed by atoms with Crippen LogP contribution in [0.4, 0.5) is 16.3 Å². The van der Waals surface area contributed by atoms with Crippen molar-refractivity contribution in [1.82, 2.24) is 24.9 Å². The number of pyridine rings is 1. The fourth-order valence-corrected chi connectivity index (χ4v) is 3.94. The third kappa shape index (κ3) is 5.72. The summed E-state index contributed by atoms with van der Waals surface area (Å²) in [6.45, 7) is 5.12. The average molecular weight is 546 g/mol. The molecule has 0 aliphatic rings. The monoisotopic (exact) mass is 545 g/mol. The Morgan fingerprint density at radius 3 is 2.60 bits per heavy atom. The van der Waals surface area contributed by atoms with E-state index in [0.29, 0.717) is 28.8 Å². The maximum absolute atomic E-state index is 13.6. The summed E-state index contributed by atoms with van der Waals surface area (Å²) in [5, 5.41) is 7.03. The summed E-state index contributed by atoms with van der Waals surface area (Å²) >= 11 is 0. The number of nitrogens with two attached hydrogens (primary N) is 1. The highest BCUT2D eigenvalue weighted by Crippen LogP contribution is 2.34. The minimum Gasteiger partial charge on any atom is -0.424 e. The van der Waals surface area contributed by atoms with Crippen molar-refractivity contribution in [1.29, 1.82) is 0 Å². The van der Waals surface area contributed by atoms with E-state index < -0.39 is 24.8 Å². The minimum atomic E-state index is -0.970. The quantitative estimate of drug-likeness (QED) is 0.237. The van der Waals surface area contributed by atoms with Crippen LogP contribution < -0.4 is 16.0 Å². The Hall–Kier alpha value is -5.33. The van der Waals surface area contributed by atoms with Crippen LogP contribution in [0.3, 0.4) is 0 Å². The zero-order valence-electron chi connectivity index (χ0n) is 22.1.